The lowest BCUT2D eigenvalue weighted by Gasteiger charge is -2.24. The molecule has 0 atom stereocenters. The van der Waals surface area contributed by atoms with Gasteiger partial charge in [0.15, 0.2) is 0 Å². The molecule has 4 nitrogen and oxygen atoms in total. The van der Waals surface area contributed by atoms with Gasteiger partial charge in [-0.25, -0.2) is 0 Å². The zero-order valence-electron chi connectivity index (χ0n) is 11.0. The fourth-order valence-corrected chi connectivity index (χ4v) is 2.30. The number of hydrogen-bond acceptors (Lipinski definition) is 3. The van der Waals surface area contributed by atoms with Gasteiger partial charge in [0.1, 0.15) is 5.54 Å². The van der Waals surface area contributed by atoms with Crippen molar-refractivity contribution in [2.45, 2.75) is 51.0 Å². The van der Waals surface area contributed by atoms with E-state index in [2.05, 4.69) is 18.3 Å². The highest BCUT2D eigenvalue weighted by Gasteiger charge is 2.35. The number of rotatable bonds is 6. The van der Waals surface area contributed by atoms with E-state index >= 15 is 0 Å². The number of likely N-dealkylation sites (N-methyl/N-ethyl adjacent to an activating group) is 1. The number of unbranched alkanes of at least 4 members (excludes halogenated alkanes) is 1. The molecule has 1 N–H and O–H groups in total. The first-order chi connectivity index (χ1) is 8.12. The summed E-state index contributed by atoms with van der Waals surface area (Å²) in [5, 5.41) is 12.1. The van der Waals surface area contributed by atoms with Gasteiger partial charge in [-0.1, -0.05) is 13.3 Å². The highest BCUT2D eigenvalue weighted by atomic mass is 16.2. The number of hydrogen-bond donors (Lipinski definition) is 1. The summed E-state index contributed by atoms with van der Waals surface area (Å²) in [4.78, 5) is 13.8. The van der Waals surface area contributed by atoms with Crippen LogP contribution in [0.4, 0.5) is 0 Å². The Bertz CT molecular complexity index is 290. The van der Waals surface area contributed by atoms with Crippen molar-refractivity contribution >= 4 is 5.91 Å². The molecule has 96 valence electrons. The minimum atomic E-state index is -0.581. The minimum absolute atomic E-state index is 0.0212. The van der Waals surface area contributed by atoms with E-state index in [1.807, 2.05) is 11.9 Å². The van der Waals surface area contributed by atoms with Crippen molar-refractivity contribution in [1.82, 2.24) is 10.2 Å². The second-order valence-electron chi connectivity index (χ2n) is 5.04. The van der Waals surface area contributed by atoms with Gasteiger partial charge >= 0.3 is 0 Å². The van der Waals surface area contributed by atoms with Gasteiger partial charge in [0.25, 0.3) is 0 Å². The summed E-state index contributed by atoms with van der Waals surface area (Å²) in [5.41, 5.74) is -0.581. The fraction of sp³-hybridized carbons (Fsp3) is 0.846. The Labute approximate surface area is 104 Å². The molecule has 0 bridgehead atoms. The molecule has 1 fully saturated rings. The van der Waals surface area contributed by atoms with Gasteiger partial charge < -0.3 is 5.32 Å². The largest absolute Gasteiger partial charge is 0.337 e. The van der Waals surface area contributed by atoms with Crippen LogP contribution in [-0.2, 0) is 4.79 Å². The van der Waals surface area contributed by atoms with E-state index in [9.17, 15) is 4.79 Å². The third kappa shape index (κ3) is 4.35. The predicted octanol–water partition coefficient (Wildman–Crippen LogP) is 1.67. The van der Waals surface area contributed by atoms with Gasteiger partial charge in [-0.15, -0.1) is 0 Å². The molecule has 0 aliphatic heterocycles. The van der Waals surface area contributed by atoms with Crippen molar-refractivity contribution in [3.8, 4) is 6.07 Å². The molecular weight excluding hydrogens is 214 g/mol. The van der Waals surface area contributed by atoms with Crippen molar-refractivity contribution < 1.29 is 4.79 Å². The van der Waals surface area contributed by atoms with E-state index in [0.29, 0.717) is 6.54 Å². The Balaban J connectivity index is 2.36. The van der Waals surface area contributed by atoms with Crippen molar-refractivity contribution in [1.29, 1.82) is 5.26 Å². The molecule has 0 unspecified atom stereocenters. The molecule has 0 aromatic heterocycles. The van der Waals surface area contributed by atoms with Crippen LogP contribution in [0.1, 0.15) is 45.4 Å². The van der Waals surface area contributed by atoms with E-state index < -0.39 is 5.54 Å². The van der Waals surface area contributed by atoms with Crippen LogP contribution in [-0.4, -0.2) is 36.5 Å². The average Bonchev–Trinajstić information content (AvgIpc) is 2.75. The van der Waals surface area contributed by atoms with Gasteiger partial charge in [-0.3, -0.25) is 9.69 Å². The standard InChI is InChI=1S/C13H23N3O/c1-3-4-9-16(2)10-12(17)15-13(11-14)7-5-6-8-13/h3-10H2,1-2H3,(H,15,17). The maximum Gasteiger partial charge on any atom is 0.235 e. The Hall–Kier alpha value is -1.08. The summed E-state index contributed by atoms with van der Waals surface area (Å²) >= 11 is 0. The molecule has 4 heteroatoms. The maximum absolute atomic E-state index is 11.8. The highest BCUT2D eigenvalue weighted by molar-refractivity contribution is 5.79. The summed E-state index contributed by atoms with van der Waals surface area (Å²) in [6.07, 6.45) is 5.92. The normalized spacial score (nSPS) is 18.0. The predicted molar refractivity (Wildman–Crippen MR) is 67.4 cm³/mol. The second kappa shape index (κ2) is 6.61. The van der Waals surface area contributed by atoms with Crippen LogP contribution in [0.5, 0.6) is 0 Å². The number of nitriles is 1. The molecule has 17 heavy (non-hydrogen) atoms. The summed E-state index contributed by atoms with van der Waals surface area (Å²) in [6, 6.07) is 2.27. The van der Waals surface area contributed by atoms with Crippen LogP contribution in [0.25, 0.3) is 0 Å². The van der Waals surface area contributed by atoms with Gasteiger partial charge in [0, 0.05) is 0 Å². The Morgan fingerprint density at radius 3 is 2.65 bits per heavy atom. The van der Waals surface area contributed by atoms with Crippen LogP contribution in [0.2, 0.25) is 0 Å². The lowest BCUT2D eigenvalue weighted by molar-refractivity contribution is -0.123. The van der Waals surface area contributed by atoms with Crippen molar-refractivity contribution in [2.24, 2.45) is 0 Å². The van der Waals surface area contributed by atoms with E-state index in [0.717, 1.165) is 45.1 Å². The summed E-state index contributed by atoms with van der Waals surface area (Å²) in [7, 11) is 1.95. The van der Waals surface area contributed by atoms with E-state index in [1.54, 1.807) is 0 Å². The first-order valence-corrected chi connectivity index (χ1v) is 6.53. The SMILES string of the molecule is CCCCN(C)CC(=O)NC1(C#N)CCCC1. The number of nitrogens with one attached hydrogen (secondary N) is 1. The lowest BCUT2D eigenvalue weighted by atomic mass is 10.00. The Morgan fingerprint density at radius 2 is 2.12 bits per heavy atom. The lowest BCUT2D eigenvalue weighted by Crippen LogP contribution is -2.48. The number of amides is 1. The summed E-state index contributed by atoms with van der Waals surface area (Å²) in [5.74, 6) is -0.0212. The third-order valence-corrected chi connectivity index (χ3v) is 3.36. The second-order valence-corrected chi connectivity index (χ2v) is 5.04. The van der Waals surface area contributed by atoms with E-state index in [4.69, 9.17) is 5.26 Å². The monoisotopic (exact) mass is 237 g/mol. The quantitative estimate of drug-likeness (QED) is 0.764. The van der Waals surface area contributed by atoms with Gasteiger partial charge in [0.2, 0.25) is 5.91 Å². The first-order valence-electron chi connectivity index (χ1n) is 6.53. The van der Waals surface area contributed by atoms with Crippen molar-refractivity contribution in [3.05, 3.63) is 0 Å². The molecule has 1 amide bonds. The van der Waals surface area contributed by atoms with Gasteiger partial charge in [-0.2, -0.15) is 5.26 Å². The maximum atomic E-state index is 11.8. The van der Waals surface area contributed by atoms with Crippen LogP contribution in [0.3, 0.4) is 0 Å². The minimum Gasteiger partial charge on any atom is -0.337 e. The molecule has 0 heterocycles. The van der Waals surface area contributed by atoms with Gasteiger partial charge in [-0.05, 0) is 45.7 Å². The van der Waals surface area contributed by atoms with Crippen molar-refractivity contribution in [2.75, 3.05) is 20.1 Å². The molecule has 1 aliphatic carbocycles. The molecule has 0 saturated heterocycles. The number of carbonyl (C=O) groups is 1. The van der Waals surface area contributed by atoms with Gasteiger partial charge in [0.05, 0.1) is 12.6 Å². The van der Waals surface area contributed by atoms with Crippen molar-refractivity contribution in [3.63, 3.8) is 0 Å². The molecule has 1 saturated carbocycles. The van der Waals surface area contributed by atoms with Crippen LogP contribution < -0.4 is 5.32 Å². The molecule has 0 radical (unpaired) electrons. The first kappa shape index (κ1) is 14.0. The Morgan fingerprint density at radius 1 is 1.47 bits per heavy atom. The topological polar surface area (TPSA) is 56.1 Å². The molecule has 0 aromatic carbocycles. The van der Waals surface area contributed by atoms with Crippen LogP contribution in [0, 0.1) is 11.3 Å². The summed E-state index contributed by atoms with van der Waals surface area (Å²) < 4.78 is 0. The third-order valence-electron chi connectivity index (χ3n) is 3.36. The number of nitrogens with zero attached hydrogens (tertiary/aromatic N) is 2. The number of carbonyl (C=O) groups excluding carboxylic acids is 1. The molecule has 0 spiro atoms. The van der Waals surface area contributed by atoms with E-state index in [1.165, 1.54) is 0 Å². The highest BCUT2D eigenvalue weighted by Crippen LogP contribution is 2.28. The molecule has 1 rings (SSSR count). The summed E-state index contributed by atoms with van der Waals surface area (Å²) in [6.45, 7) is 3.46. The zero-order chi connectivity index (χ0) is 12.7. The van der Waals surface area contributed by atoms with E-state index in [-0.39, 0.29) is 5.91 Å². The van der Waals surface area contributed by atoms with Crippen LogP contribution >= 0.6 is 0 Å². The fourth-order valence-electron chi connectivity index (χ4n) is 2.30. The average molecular weight is 237 g/mol. The smallest absolute Gasteiger partial charge is 0.235 e. The zero-order valence-corrected chi connectivity index (χ0v) is 11.0. The molecule has 0 aromatic rings. The molecular formula is C13H23N3O. The Kier molecular flexibility index (Phi) is 5.43. The molecule has 1 aliphatic rings. The van der Waals surface area contributed by atoms with Crippen LogP contribution in [0.15, 0.2) is 0 Å².